The largest absolute Gasteiger partial charge is 0.460 e. The molecule has 7 heteroatoms. The van der Waals surface area contributed by atoms with Crippen LogP contribution in [0.2, 0.25) is 0 Å². The van der Waals surface area contributed by atoms with Gasteiger partial charge in [-0.25, -0.2) is 4.79 Å². The number of aryl methyl sites for hydroxylation is 1. The molecule has 2 aromatic rings. The molecule has 1 aromatic heterocycles. The highest BCUT2D eigenvalue weighted by Gasteiger charge is 2.27. The van der Waals surface area contributed by atoms with Gasteiger partial charge in [-0.15, -0.1) is 0 Å². The third-order valence-electron chi connectivity index (χ3n) is 4.32. The first kappa shape index (κ1) is 18.1. The first-order chi connectivity index (χ1) is 12.2. The van der Waals surface area contributed by atoms with Crippen molar-refractivity contribution in [1.82, 2.24) is 4.90 Å². The number of nitrogens with two attached hydrogens (primary N) is 1. The molecule has 140 valence electrons. The van der Waals surface area contributed by atoms with Gasteiger partial charge in [0, 0.05) is 37.3 Å². The third kappa shape index (κ3) is 3.61. The normalized spacial score (nSPS) is 15.4. The Morgan fingerprint density at radius 3 is 2.38 bits per heavy atom. The molecular formula is C19H25N3O4. The number of primary amides is 1. The van der Waals surface area contributed by atoms with Gasteiger partial charge in [-0.1, -0.05) is 0 Å². The van der Waals surface area contributed by atoms with Gasteiger partial charge in [0.15, 0.2) is 0 Å². The van der Waals surface area contributed by atoms with Crippen LogP contribution in [-0.2, 0) is 4.74 Å². The lowest BCUT2D eigenvalue weighted by molar-refractivity contribution is 0.0240. The zero-order chi connectivity index (χ0) is 19.1. The molecule has 3 rings (SSSR count). The topological polar surface area (TPSA) is 89.0 Å². The van der Waals surface area contributed by atoms with Gasteiger partial charge >= 0.3 is 6.09 Å². The minimum atomic E-state index is -0.509. The lowest BCUT2D eigenvalue weighted by Crippen LogP contribution is -2.50. The molecule has 2 amide bonds. The zero-order valence-electron chi connectivity index (χ0n) is 15.7. The lowest BCUT2D eigenvalue weighted by Gasteiger charge is -2.37. The number of amides is 2. The highest BCUT2D eigenvalue weighted by molar-refractivity contribution is 6.07. The number of furan rings is 1. The fourth-order valence-electron chi connectivity index (χ4n) is 3.16. The number of hydrogen-bond acceptors (Lipinski definition) is 5. The summed E-state index contributed by atoms with van der Waals surface area (Å²) in [6, 6.07) is 5.50. The summed E-state index contributed by atoms with van der Waals surface area (Å²) in [7, 11) is 0. The Morgan fingerprint density at radius 2 is 1.81 bits per heavy atom. The molecule has 26 heavy (non-hydrogen) atoms. The van der Waals surface area contributed by atoms with Crippen LogP contribution in [0.1, 0.15) is 36.9 Å². The van der Waals surface area contributed by atoms with Crippen molar-refractivity contribution in [2.75, 3.05) is 31.1 Å². The fourth-order valence-corrected chi connectivity index (χ4v) is 3.16. The standard InChI is InChI=1S/C19H25N3O4/c1-12-11-14-15(6-5-13(17(20)23)16(14)25-12)21-7-9-22(10-8-21)18(24)26-19(2,3)4/h5-6,11H,7-10H2,1-4H3,(H2,20,23). The molecule has 0 unspecified atom stereocenters. The summed E-state index contributed by atoms with van der Waals surface area (Å²) < 4.78 is 11.1. The Kier molecular flexibility index (Phi) is 4.56. The Morgan fingerprint density at radius 1 is 1.15 bits per heavy atom. The quantitative estimate of drug-likeness (QED) is 0.890. The van der Waals surface area contributed by atoms with Crippen molar-refractivity contribution in [2.45, 2.75) is 33.3 Å². The summed E-state index contributed by atoms with van der Waals surface area (Å²) in [5, 5.41) is 0.865. The van der Waals surface area contributed by atoms with Gasteiger partial charge in [-0.05, 0) is 45.9 Å². The maximum atomic E-state index is 12.2. The molecule has 0 radical (unpaired) electrons. The second-order valence-corrected chi connectivity index (χ2v) is 7.55. The van der Waals surface area contributed by atoms with E-state index in [-0.39, 0.29) is 6.09 Å². The van der Waals surface area contributed by atoms with Gasteiger partial charge in [-0.3, -0.25) is 4.79 Å². The summed E-state index contributed by atoms with van der Waals surface area (Å²) in [6.07, 6.45) is -0.287. The minimum Gasteiger partial charge on any atom is -0.460 e. The SMILES string of the molecule is Cc1cc2c(N3CCN(C(=O)OC(C)(C)C)CC3)ccc(C(N)=O)c2o1. The van der Waals surface area contributed by atoms with Crippen molar-refractivity contribution < 1.29 is 18.7 Å². The summed E-state index contributed by atoms with van der Waals surface area (Å²) >= 11 is 0. The monoisotopic (exact) mass is 359 g/mol. The molecule has 1 aliphatic rings. The number of anilines is 1. The van der Waals surface area contributed by atoms with Gasteiger partial charge in [0.05, 0.1) is 5.56 Å². The van der Waals surface area contributed by atoms with Gasteiger partial charge < -0.3 is 24.7 Å². The summed E-state index contributed by atoms with van der Waals surface area (Å²) in [6.45, 7) is 9.92. The maximum Gasteiger partial charge on any atom is 0.410 e. The molecule has 2 N–H and O–H groups in total. The summed E-state index contributed by atoms with van der Waals surface area (Å²) in [5.74, 6) is 0.216. The van der Waals surface area contributed by atoms with Gasteiger partial charge in [0.25, 0.3) is 5.91 Å². The van der Waals surface area contributed by atoms with E-state index in [1.165, 1.54) is 0 Å². The number of carbonyl (C=O) groups excluding carboxylic acids is 2. The maximum absolute atomic E-state index is 12.2. The molecule has 0 atom stereocenters. The highest BCUT2D eigenvalue weighted by Crippen LogP contribution is 2.32. The van der Waals surface area contributed by atoms with E-state index in [4.69, 9.17) is 14.9 Å². The number of ether oxygens (including phenoxy) is 1. The van der Waals surface area contributed by atoms with E-state index in [1.807, 2.05) is 39.8 Å². The van der Waals surface area contributed by atoms with Gasteiger partial charge in [-0.2, -0.15) is 0 Å². The second kappa shape index (κ2) is 6.55. The van der Waals surface area contributed by atoms with E-state index in [2.05, 4.69) is 4.90 Å². The number of carbonyl (C=O) groups is 2. The van der Waals surface area contributed by atoms with Crippen LogP contribution in [0.5, 0.6) is 0 Å². The van der Waals surface area contributed by atoms with Crippen LogP contribution in [0.4, 0.5) is 10.5 Å². The van der Waals surface area contributed by atoms with Crippen LogP contribution in [-0.4, -0.2) is 48.7 Å². The van der Waals surface area contributed by atoms with Crippen LogP contribution in [0.15, 0.2) is 22.6 Å². The van der Waals surface area contributed by atoms with Crippen molar-refractivity contribution in [1.29, 1.82) is 0 Å². The molecular weight excluding hydrogens is 334 g/mol. The van der Waals surface area contributed by atoms with Gasteiger partial charge in [0.2, 0.25) is 0 Å². The smallest absolute Gasteiger partial charge is 0.410 e. The van der Waals surface area contributed by atoms with Gasteiger partial charge in [0.1, 0.15) is 16.9 Å². The first-order valence-corrected chi connectivity index (χ1v) is 8.71. The number of fused-ring (bicyclic) bond motifs is 1. The molecule has 1 saturated heterocycles. The molecule has 0 bridgehead atoms. The van der Waals surface area contributed by atoms with Crippen LogP contribution in [0.3, 0.4) is 0 Å². The average Bonchev–Trinajstić information content (AvgIpc) is 2.93. The zero-order valence-corrected chi connectivity index (χ0v) is 15.7. The molecule has 7 nitrogen and oxygen atoms in total. The number of nitrogens with zero attached hydrogens (tertiary/aromatic N) is 2. The number of benzene rings is 1. The predicted octanol–water partition coefficient (Wildman–Crippen LogP) is 2.90. The molecule has 2 heterocycles. The predicted molar refractivity (Wildman–Crippen MR) is 99.5 cm³/mol. The summed E-state index contributed by atoms with van der Waals surface area (Å²) in [5.41, 5.74) is 6.82. The second-order valence-electron chi connectivity index (χ2n) is 7.55. The van der Waals surface area contributed by atoms with E-state index >= 15 is 0 Å². The van der Waals surface area contributed by atoms with Crippen molar-refractivity contribution in [3.8, 4) is 0 Å². The van der Waals surface area contributed by atoms with E-state index in [1.54, 1.807) is 11.0 Å². The van der Waals surface area contributed by atoms with Crippen LogP contribution in [0.25, 0.3) is 11.0 Å². The minimum absolute atomic E-state index is 0.287. The summed E-state index contributed by atoms with van der Waals surface area (Å²) in [4.78, 5) is 27.7. The van der Waals surface area contributed by atoms with E-state index < -0.39 is 11.5 Å². The Hall–Kier alpha value is -2.70. The van der Waals surface area contributed by atoms with Crippen molar-refractivity contribution in [2.24, 2.45) is 5.73 Å². The Bertz CT molecular complexity index is 842. The number of rotatable bonds is 2. The average molecular weight is 359 g/mol. The van der Waals surface area contributed by atoms with E-state index in [0.29, 0.717) is 37.3 Å². The molecule has 0 spiro atoms. The molecule has 1 aliphatic heterocycles. The fraction of sp³-hybridized carbons (Fsp3) is 0.474. The van der Waals surface area contributed by atoms with E-state index in [9.17, 15) is 9.59 Å². The van der Waals surface area contributed by atoms with Crippen molar-refractivity contribution >= 4 is 28.7 Å². The molecule has 0 saturated carbocycles. The number of hydrogen-bond donors (Lipinski definition) is 1. The van der Waals surface area contributed by atoms with Crippen molar-refractivity contribution in [3.63, 3.8) is 0 Å². The third-order valence-corrected chi connectivity index (χ3v) is 4.32. The molecule has 1 aromatic carbocycles. The Labute approximate surface area is 152 Å². The van der Waals surface area contributed by atoms with Crippen LogP contribution >= 0.6 is 0 Å². The first-order valence-electron chi connectivity index (χ1n) is 8.71. The van der Waals surface area contributed by atoms with Crippen LogP contribution < -0.4 is 10.6 Å². The van der Waals surface area contributed by atoms with Crippen LogP contribution in [0, 0.1) is 6.92 Å². The molecule has 1 fully saturated rings. The molecule has 0 aliphatic carbocycles. The number of piperazine rings is 1. The van der Waals surface area contributed by atoms with Crippen molar-refractivity contribution in [3.05, 3.63) is 29.5 Å². The lowest BCUT2D eigenvalue weighted by atomic mass is 10.1. The Balaban J connectivity index is 1.79. The van der Waals surface area contributed by atoms with E-state index in [0.717, 1.165) is 16.8 Å². The highest BCUT2D eigenvalue weighted by atomic mass is 16.6.